The van der Waals surface area contributed by atoms with Crippen LogP contribution in [0.5, 0.6) is 0 Å². The zero-order chi connectivity index (χ0) is 23.2. The van der Waals surface area contributed by atoms with Crippen molar-refractivity contribution in [1.29, 1.82) is 0 Å². The van der Waals surface area contributed by atoms with Crippen LogP contribution < -0.4 is 5.73 Å². The molecule has 0 bridgehead atoms. The number of pyridine rings is 1. The largest absolute Gasteiger partial charge is 0.459 e. The second-order valence-corrected chi connectivity index (χ2v) is 11.4. The van der Waals surface area contributed by atoms with Crippen LogP contribution in [0.25, 0.3) is 10.6 Å². The van der Waals surface area contributed by atoms with Gasteiger partial charge in [-0.2, -0.15) is 0 Å². The van der Waals surface area contributed by atoms with Crippen molar-refractivity contribution in [2.45, 2.75) is 57.6 Å². The van der Waals surface area contributed by atoms with E-state index in [1.165, 1.54) is 11.3 Å². The smallest absolute Gasteiger partial charge is 0.314 e. The van der Waals surface area contributed by atoms with Gasteiger partial charge in [0.05, 0.1) is 26.6 Å². The molecule has 3 saturated heterocycles. The molecule has 3 fully saturated rings. The summed E-state index contributed by atoms with van der Waals surface area (Å²) in [5, 5.41) is 0.545. The third kappa shape index (κ3) is 4.26. The van der Waals surface area contributed by atoms with Gasteiger partial charge in [0.1, 0.15) is 5.60 Å². The quantitative estimate of drug-likeness (QED) is 0.689. The summed E-state index contributed by atoms with van der Waals surface area (Å²) in [6, 6.07) is 8.00. The van der Waals surface area contributed by atoms with Crippen molar-refractivity contribution in [3.8, 4) is 10.6 Å². The van der Waals surface area contributed by atoms with Crippen LogP contribution >= 0.6 is 11.3 Å². The number of carbonyl (C=O) groups excluding carboxylic acids is 2. The van der Waals surface area contributed by atoms with E-state index in [0.717, 1.165) is 55.8 Å². The minimum Gasteiger partial charge on any atom is -0.459 e. The van der Waals surface area contributed by atoms with Crippen LogP contribution in [0.15, 0.2) is 30.5 Å². The lowest BCUT2D eigenvalue weighted by atomic mass is 9.74. The Bertz CT molecular complexity index is 1050. The molecule has 1 unspecified atom stereocenters. The van der Waals surface area contributed by atoms with Gasteiger partial charge in [-0.05, 0) is 64.3 Å². The van der Waals surface area contributed by atoms with Gasteiger partial charge in [0.2, 0.25) is 0 Å². The minimum absolute atomic E-state index is 0.000570. The van der Waals surface area contributed by atoms with Crippen molar-refractivity contribution in [2.75, 3.05) is 31.9 Å². The van der Waals surface area contributed by atoms with E-state index in [9.17, 15) is 9.59 Å². The molecule has 7 nitrogen and oxygen atoms in total. The molecule has 2 N–H and O–H groups in total. The van der Waals surface area contributed by atoms with E-state index in [1.807, 2.05) is 43.0 Å². The Morgan fingerprint density at radius 2 is 2.03 bits per heavy atom. The molecule has 176 valence electrons. The standard InChI is InChI=1S/C25H32N4O3S/c1-24(2)15-25(23(31)32-24)9-5-11-29(16-25)17-7-12-28(13-8-17)22(30)18-14-20(33-21(18)26)19-6-3-4-10-27-19/h3-4,6,10,14,17H,5,7-9,11-13,15-16,26H2,1-2H3. The highest BCUT2D eigenvalue weighted by molar-refractivity contribution is 7.19. The first-order valence-corrected chi connectivity index (χ1v) is 12.7. The Balaban J connectivity index is 1.22. The summed E-state index contributed by atoms with van der Waals surface area (Å²) in [5.41, 5.74) is 6.90. The van der Waals surface area contributed by atoms with E-state index in [2.05, 4.69) is 9.88 Å². The molecule has 5 rings (SSSR count). The molecule has 3 aliphatic heterocycles. The van der Waals surface area contributed by atoms with Gasteiger partial charge in [0.15, 0.2) is 0 Å². The number of cyclic esters (lactones) is 1. The Kier molecular flexibility index (Phi) is 5.69. The Morgan fingerprint density at radius 3 is 2.70 bits per heavy atom. The van der Waals surface area contributed by atoms with Crippen molar-refractivity contribution in [1.82, 2.24) is 14.8 Å². The molecule has 0 aromatic carbocycles. The van der Waals surface area contributed by atoms with Crippen LogP contribution in [0.2, 0.25) is 0 Å². The fourth-order valence-corrected chi connectivity index (χ4v) is 6.78. The number of hydrogen-bond donors (Lipinski definition) is 1. The molecule has 0 radical (unpaired) electrons. The van der Waals surface area contributed by atoms with E-state index in [4.69, 9.17) is 10.5 Å². The zero-order valence-electron chi connectivity index (χ0n) is 19.4. The summed E-state index contributed by atoms with van der Waals surface area (Å²) in [5.74, 6) is -0.0259. The van der Waals surface area contributed by atoms with Crippen molar-refractivity contribution in [2.24, 2.45) is 5.41 Å². The number of anilines is 1. The number of piperidine rings is 2. The maximum absolute atomic E-state index is 13.2. The molecule has 1 spiro atoms. The van der Waals surface area contributed by atoms with Gasteiger partial charge in [-0.3, -0.25) is 19.5 Å². The highest BCUT2D eigenvalue weighted by Crippen LogP contribution is 2.46. The number of esters is 1. The molecule has 2 aromatic rings. The van der Waals surface area contributed by atoms with Gasteiger partial charge in [-0.15, -0.1) is 11.3 Å². The lowest BCUT2D eigenvalue weighted by Crippen LogP contribution is -2.53. The van der Waals surface area contributed by atoms with E-state index < -0.39 is 0 Å². The first-order chi connectivity index (χ1) is 15.8. The molecule has 33 heavy (non-hydrogen) atoms. The number of carbonyl (C=O) groups is 2. The minimum atomic E-state index is -0.371. The summed E-state index contributed by atoms with van der Waals surface area (Å²) in [6.07, 6.45) is 6.30. The highest BCUT2D eigenvalue weighted by atomic mass is 32.1. The Hall–Kier alpha value is -2.45. The number of amides is 1. The molecule has 3 aliphatic rings. The molecular formula is C25H32N4O3S. The molecule has 2 aromatic heterocycles. The van der Waals surface area contributed by atoms with Crippen molar-refractivity contribution >= 4 is 28.2 Å². The molecule has 5 heterocycles. The van der Waals surface area contributed by atoms with Gasteiger partial charge in [-0.1, -0.05) is 6.07 Å². The fraction of sp³-hybridized carbons (Fsp3) is 0.560. The number of likely N-dealkylation sites (tertiary alicyclic amines) is 2. The Morgan fingerprint density at radius 1 is 1.24 bits per heavy atom. The number of thiophene rings is 1. The summed E-state index contributed by atoms with van der Waals surface area (Å²) >= 11 is 1.41. The molecule has 0 saturated carbocycles. The van der Waals surface area contributed by atoms with Crippen LogP contribution in [-0.2, 0) is 9.53 Å². The van der Waals surface area contributed by atoms with Crippen LogP contribution in [0.4, 0.5) is 5.00 Å². The lowest BCUT2D eigenvalue weighted by Gasteiger charge is -2.44. The topological polar surface area (TPSA) is 88.8 Å². The average molecular weight is 469 g/mol. The van der Waals surface area contributed by atoms with Crippen LogP contribution in [0, 0.1) is 5.41 Å². The first-order valence-electron chi connectivity index (χ1n) is 11.8. The second-order valence-electron chi connectivity index (χ2n) is 10.3. The number of rotatable bonds is 3. The Labute approximate surface area is 198 Å². The predicted octanol–water partition coefficient (Wildman–Crippen LogP) is 3.80. The molecule has 1 atom stereocenters. The first kappa shape index (κ1) is 22.3. The van der Waals surface area contributed by atoms with Crippen molar-refractivity contribution < 1.29 is 14.3 Å². The molecule has 1 amide bonds. The number of nitrogens with zero attached hydrogens (tertiary/aromatic N) is 3. The van der Waals surface area contributed by atoms with Gasteiger partial charge in [-0.25, -0.2) is 0 Å². The van der Waals surface area contributed by atoms with Gasteiger partial charge in [0, 0.05) is 38.3 Å². The van der Waals surface area contributed by atoms with Crippen molar-refractivity contribution in [3.05, 3.63) is 36.0 Å². The number of nitrogen functional groups attached to an aromatic ring is 1. The maximum atomic E-state index is 13.2. The highest BCUT2D eigenvalue weighted by Gasteiger charge is 2.54. The monoisotopic (exact) mass is 468 g/mol. The number of aromatic nitrogens is 1. The summed E-state index contributed by atoms with van der Waals surface area (Å²) < 4.78 is 5.69. The number of ether oxygens (including phenoxy) is 1. The predicted molar refractivity (Wildman–Crippen MR) is 129 cm³/mol. The fourth-order valence-electron chi connectivity index (χ4n) is 5.88. The van der Waals surface area contributed by atoms with Gasteiger partial charge >= 0.3 is 5.97 Å². The van der Waals surface area contributed by atoms with Crippen LogP contribution in [0.3, 0.4) is 0 Å². The van der Waals surface area contributed by atoms with E-state index in [1.54, 1.807) is 6.20 Å². The van der Waals surface area contributed by atoms with Crippen LogP contribution in [-0.4, -0.2) is 64.5 Å². The summed E-state index contributed by atoms with van der Waals surface area (Å²) in [6.45, 7) is 7.22. The average Bonchev–Trinajstić information content (AvgIpc) is 3.30. The molecule has 8 heteroatoms. The molecular weight excluding hydrogens is 436 g/mol. The van der Waals surface area contributed by atoms with E-state index in [0.29, 0.717) is 29.7 Å². The van der Waals surface area contributed by atoms with Gasteiger partial charge in [0.25, 0.3) is 5.91 Å². The maximum Gasteiger partial charge on any atom is 0.314 e. The van der Waals surface area contributed by atoms with Crippen molar-refractivity contribution in [3.63, 3.8) is 0 Å². The lowest BCUT2D eigenvalue weighted by molar-refractivity contribution is -0.154. The normalized spacial score (nSPS) is 26.0. The zero-order valence-corrected chi connectivity index (χ0v) is 20.2. The molecule has 0 aliphatic carbocycles. The van der Waals surface area contributed by atoms with E-state index >= 15 is 0 Å². The third-order valence-electron chi connectivity index (χ3n) is 7.35. The van der Waals surface area contributed by atoms with Crippen LogP contribution in [0.1, 0.15) is 56.3 Å². The van der Waals surface area contributed by atoms with E-state index in [-0.39, 0.29) is 22.9 Å². The van der Waals surface area contributed by atoms with Gasteiger partial charge < -0.3 is 15.4 Å². The number of nitrogens with two attached hydrogens (primary N) is 1. The third-order valence-corrected chi connectivity index (χ3v) is 8.34. The summed E-state index contributed by atoms with van der Waals surface area (Å²) in [7, 11) is 0. The second kappa shape index (κ2) is 8.40. The summed E-state index contributed by atoms with van der Waals surface area (Å²) in [4.78, 5) is 35.6. The SMILES string of the molecule is CC1(C)CC2(CCCN(C3CCN(C(=O)c4cc(-c5ccccn5)sc4N)CC3)C2)C(=O)O1. The number of hydrogen-bond acceptors (Lipinski definition) is 7.